The Labute approximate surface area is 113 Å². The second-order valence-electron chi connectivity index (χ2n) is 4.31. The third-order valence-electron chi connectivity index (χ3n) is 2.55. The minimum absolute atomic E-state index is 0.198. The number of anilines is 1. The Bertz CT molecular complexity index is 619. The third kappa shape index (κ3) is 3.59. The zero-order valence-electron chi connectivity index (χ0n) is 10.6. The summed E-state index contributed by atoms with van der Waals surface area (Å²) in [7, 11) is 0. The molecule has 1 amide bonds. The second kappa shape index (κ2) is 5.36. The van der Waals surface area contributed by atoms with Crippen molar-refractivity contribution in [1.82, 2.24) is 9.78 Å². The van der Waals surface area contributed by atoms with Gasteiger partial charge in [0.2, 0.25) is 5.91 Å². The van der Waals surface area contributed by atoms with Crippen molar-refractivity contribution in [2.45, 2.75) is 19.6 Å². The summed E-state index contributed by atoms with van der Waals surface area (Å²) in [6, 6.07) is 5.06. The number of hydrogen-bond donors (Lipinski definition) is 1. The summed E-state index contributed by atoms with van der Waals surface area (Å²) in [5, 5.41) is 6.52. The molecule has 0 aliphatic carbocycles. The van der Waals surface area contributed by atoms with Crippen LogP contribution in [0.4, 0.5) is 18.9 Å². The molecule has 0 unspecified atom stereocenters. The molecule has 0 spiro atoms. The van der Waals surface area contributed by atoms with E-state index in [9.17, 15) is 18.0 Å². The number of rotatable bonds is 3. The zero-order chi connectivity index (χ0) is 14.8. The van der Waals surface area contributed by atoms with Crippen LogP contribution in [0, 0.1) is 0 Å². The monoisotopic (exact) mass is 283 g/mol. The first-order chi connectivity index (χ1) is 9.34. The van der Waals surface area contributed by atoms with Crippen LogP contribution in [-0.2, 0) is 17.5 Å². The van der Waals surface area contributed by atoms with E-state index in [2.05, 4.69) is 10.4 Å². The first-order valence-corrected chi connectivity index (χ1v) is 5.81. The maximum atomic E-state index is 12.6. The summed E-state index contributed by atoms with van der Waals surface area (Å²) in [5.41, 5.74) is 0.297. The number of carbonyl (C=O) groups is 1. The van der Waals surface area contributed by atoms with E-state index in [0.29, 0.717) is 11.3 Å². The lowest BCUT2D eigenvalue weighted by Gasteiger charge is -2.08. The minimum Gasteiger partial charge on any atom is -0.324 e. The van der Waals surface area contributed by atoms with Crippen molar-refractivity contribution in [3.63, 3.8) is 0 Å². The Hall–Kier alpha value is -2.31. The normalized spacial score (nSPS) is 11.4. The number of nitrogens with one attached hydrogen (secondary N) is 1. The van der Waals surface area contributed by atoms with E-state index in [0.717, 1.165) is 12.1 Å². The molecular formula is C13H12F3N3O. The van der Waals surface area contributed by atoms with Gasteiger partial charge in [-0.1, -0.05) is 12.1 Å². The van der Waals surface area contributed by atoms with Crippen LogP contribution in [0.1, 0.15) is 18.1 Å². The van der Waals surface area contributed by atoms with Crippen LogP contribution in [0.2, 0.25) is 0 Å². The molecule has 1 aromatic heterocycles. The van der Waals surface area contributed by atoms with E-state index in [1.54, 1.807) is 12.3 Å². The van der Waals surface area contributed by atoms with Gasteiger partial charge in [0, 0.05) is 13.1 Å². The highest BCUT2D eigenvalue weighted by atomic mass is 19.4. The number of carbonyl (C=O) groups excluding carboxylic acids is 1. The Balaban J connectivity index is 2.14. The van der Waals surface area contributed by atoms with Crippen LogP contribution in [-0.4, -0.2) is 15.7 Å². The van der Waals surface area contributed by atoms with Crippen molar-refractivity contribution in [3.8, 4) is 0 Å². The highest BCUT2D eigenvalue weighted by molar-refractivity contribution is 5.88. The summed E-state index contributed by atoms with van der Waals surface area (Å²) in [6.07, 6.45) is -1.36. The maximum absolute atomic E-state index is 12.6. The van der Waals surface area contributed by atoms with Crippen molar-refractivity contribution in [2.24, 2.45) is 0 Å². The molecule has 0 aliphatic rings. The number of nitrogens with zero attached hydrogens (tertiary/aromatic N) is 2. The van der Waals surface area contributed by atoms with Gasteiger partial charge >= 0.3 is 6.18 Å². The van der Waals surface area contributed by atoms with Gasteiger partial charge in [-0.15, -0.1) is 0 Å². The standard InChI is InChI=1S/C13H12F3N3O/c1-9(20)18-12-6-17-19(8-12)7-10-3-2-4-11(5-10)13(14,15)16/h2-6,8H,7H2,1H3,(H,18,20). The van der Waals surface area contributed by atoms with Crippen molar-refractivity contribution >= 4 is 11.6 Å². The molecule has 0 saturated heterocycles. The number of hydrogen-bond acceptors (Lipinski definition) is 2. The van der Waals surface area contributed by atoms with Crippen molar-refractivity contribution in [2.75, 3.05) is 5.32 Å². The lowest BCUT2D eigenvalue weighted by atomic mass is 10.1. The molecule has 0 radical (unpaired) electrons. The Kier molecular flexibility index (Phi) is 3.78. The molecule has 2 rings (SSSR count). The minimum atomic E-state index is -4.36. The quantitative estimate of drug-likeness (QED) is 0.941. The molecular weight excluding hydrogens is 271 g/mol. The van der Waals surface area contributed by atoms with Gasteiger partial charge in [0.25, 0.3) is 0 Å². The highest BCUT2D eigenvalue weighted by Crippen LogP contribution is 2.29. The molecule has 0 fully saturated rings. The van der Waals surface area contributed by atoms with Gasteiger partial charge in [0.15, 0.2) is 0 Å². The van der Waals surface area contributed by atoms with Gasteiger partial charge in [-0.05, 0) is 17.7 Å². The van der Waals surface area contributed by atoms with Gasteiger partial charge in [-0.2, -0.15) is 18.3 Å². The number of halogens is 3. The highest BCUT2D eigenvalue weighted by Gasteiger charge is 2.30. The first kappa shape index (κ1) is 14.1. The molecule has 0 bridgehead atoms. The van der Waals surface area contributed by atoms with E-state index >= 15 is 0 Å². The molecule has 1 N–H and O–H groups in total. The first-order valence-electron chi connectivity index (χ1n) is 5.81. The Morgan fingerprint density at radius 2 is 2.15 bits per heavy atom. The van der Waals surface area contributed by atoms with Gasteiger partial charge in [-0.3, -0.25) is 9.48 Å². The average molecular weight is 283 g/mol. The second-order valence-corrected chi connectivity index (χ2v) is 4.31. The predicted molar refractivity (Wildman–Crippen MR) is 67.1 cm³/mol. The maximum Gasteiger partial charge on any atom is 0.416 e. The molecule has 20 heavy (non-hydrogen) atoms. The van der Waals surface area contributed by atoms with Gasteiger partial charge in [-0.25, -0.2) is 0 Å². The molecule has 0 saturated carbocycles. The van der Waals surface area contributed by atoms with Gasteiger partial charge < -0.3 is 5.32 Å². The summed E-state index contributed by atoms with van der Waals surface area (Å²) >= 11 is 0. The van der Waals surface area contributed by atoms with E-state index < -0.39 is 11.7 Å². The van der Waals surface area contributed by atoms with Gasteiger partial charge in [0.05, 0.1) is 24.0 Å². The number of amides is 1. The SMILES string of the molecule is CC(=O)Nc1cnn(Cc2cccc(C(F)(F)F)c2)c1. The predicted octanol–water partition coefficient (Wildman–Crippen LogP) is 2.91. The fraction of sp³-hybridized carbons (Fsp3) is 0.231. The Morgan fingerprint density at radius 3 is 2.80 bits per heavy atom. The van der Waals surface area contributed by atoms with Crippen LogP contribution in [0.25, 0.3) is 0 Å². The van der Waals surface area contributed by atoms with Crippen LogP contribution in [0.3, 0.4) is 0 Å². The fourth-order valence-corrected chi connectivity index (χ4v) is 1.75. The summed E-state index contributed by atoms with van der Waals surface area (Å²) in [4.78, 5) is 10.9. The molecule has 0 atom stereocenters. The number of aromatic nitrogens is 2. The average Bonchev–Trinajstić information content (AvgIpc) is 2.75. The van der Waals surface area contributed by atoms with E-state index in [1.165, 1.54) is 23.9 Å². The molecule has 0 aliphatic heterocycles. The van der Waals surface area contributed by atoms with Gasteiger partial charge in [0.1, 0.15) is 0 Å². The van der Waals surface area contributed by atoms with Crippen LogP contribution in [0.15, 0.2) is 36.7 Å². The Morgan fingerprint density at radius 1 is 1.40 bits per heavy atom. The zero-order valence-corrected chi connectivity index (χ0v) is 10.6. The molecule has 7 heteroatoms. The summed E-state index contributed by atoms with van der Waals surface area (Å²) in [5.74, 6) is -0.233. The fourth-order valence-electron chi connectivity index (χ4n) is 1.75. The van der Waals surface area contributed by atoms with E-state index in [4.69, 9.17) is 0 Å². The topological polar surface area (TPSA) is 46.9 Å². The van der Waals surface area contributed by atoms with Crippen LogP contribution >= 0.6 is 0 Å². The van der Waals surface area contributed by atoms with Crippen molar-refractivity contribution < 1.29 is 18.0 Å². The van der Waals surface area contributed by atoms with E-state index in [-0.39, 0.29) is 12.5 Å². The van der Waals surface area contributed by atoms with Crippen LogP contribution in [0.5, 0.6) is 0 Å². The van der Waals surface area contributed by atoms with Crippen molar-refractivity contribution in [3.05, 3.63) is 47.8 Å². The molecule has 4 nitrogen and oxygen atoms in total. The lowest BCUT2D eigenvalue weighted by molar-refractivity contribution is -0.137. The van der Waals surface area contributed by atoms with Crippen molar-refractivity contribution in [1.29, 1.82) is 0 Å². The molecule has 2 aromatic rings. The number of alkyl halides is 3. The van der Waals surface area contributed by atoms with E-state index in [1.807, 2.05) is 0 Å². The third-order valence-corrected chi connectivity index (χ3v) is 2.55. The number of benzene rings is 1. The molecule has 106 valence electrons. The largest absolute Gasteiger partial charge is 0.416 e. The molecule has 1 heterocycles. The molecule has 1 aromatic carbocycles. The van der Waals surface area contributed by atoms with Crippen LogP contribution < -0.4 is 5.32 Å². The summed E-state index contributed by atoms with van der Waals surface area (Å²) < 4.78 is 39.2. The lowest BCUT2D eigenvalue weighted by Crippen LogP contribution is -2.07. The summed E-state index contributed by atoms with van der Waals surface area (Å²) in [6.45, 7) is 1.56. The smallest absolute Gasteiger partial charge is 0.324 e.